The summed E-state index contributed by atoms with van der Waals surface area (Å²) < 4.78 is 0. The molecule has 2 N–H and O–H groups in total. The molecule has 3 rings (SSSR count). The SMILES string of the molecule is O=C(O)CCCCCN1C(=O)C(=O)/C(=C(\O)c2ccc(Cl)cc2)C1c1cccc([N+](=O)[O-])c1. The van der Waals surface area contributed by atoms with E-state index in [-0.39, 0.29) is 29.8 Å². The molecule has 33 heavy (non-hydrogen) atoms. The van der Waals surface area contributed by atoms with Crippen molar-refractivity contribution in [3.8, 4) is 0 Å². The quantitative estimate of drug-likeness (QED) is 0.138. The average Bonchev–Trinajstić information content (AvgIpc) is 3.03. The standard InChI is InChI=1S/C23H21ClN2O7/c24-16-10-8-14(9-11-16)21(29)19-20(15-5-4-6-17(13-15)26(32)33)25(23(31)22(19)30)12-3-1-2-7-18(27)28/h4-6,8-11,13,20,29H,1-3,7,12H2,(H,27,28)/b21-19-. The molecular weight excluding hydrogens is 452 g/mol. The van der Waals surface area contributed by atoms with Gasteiger partial charge in [0.05, 0.1) is 16.5 Å². The van der Waals surface area contributed by atoms with Gasteiger partial charge in [0, 0.05) is 35.7 Å². The second kappa shape index (κ2) is 10.3. The summed E-state index contributed by atoms with van der Waals surface area (Å²) in [5, 5.41) is 31.4. The first-order valence-electron chi connectivity index (χ1n) is 10.2. The van der Waals surface area contributed by atoms with Crippen molar-refractivity contribution < 1.29 is 29.5 Å². The van der Waals surface area contributed by atoms with Gasteiger partial charge in [0.25, 0.3) is 17.4 Å². The van der Waals surface area contributed by atoms with Crippen LogP contribution in [0.4, 0.5) is 5.69 Å². The van der Waals surface area contributed by atoms with Gasteiger partial charge in [-0.3, -0.25) is 24.5 Å². The van der Waals surface area contributed by atoms with E-state index < -0.39 is 34.4 Å². The lowest BCUT2D eigenvalue weighted by Crippen LogP contribution is -2.30. The molecule has 1 aliphatic heterocycles. The summed E-state index contributed by atoms with van der Waals surface area (Å²) in [6.45, 7) is 0.120. The fourth-order valence-corrected chi connectivity index (χ4v) is 3.89. The Morgan fingerprint density at radius 3 is 2.39 bits per heavy atom. The number of carbonyl (C=O) groups excluding carboxylic acids is 2. The molecule has 0 aromatic heterocycles. The summed E-state index contributed by atoms with van der Waals surface area (Å²) in [7, 11) is 0. The smallest absolute Gasteiger partial charge is 0.303 e. The fourth-order valence-electron chi connectivity index (χ4n) is 3.76. The van der Waals surface area contributed by atoms with Crippen LogP contribution < -0.4 is 0 Å². The van der Waals surface area contributed by atoms with Crippen LogP contribution >= 0.6 is 11.6 Å². The molecule has 0 spiro atoms. The number of unbranched alkanes of at least 4 members (excludes halogenated alkanes) is 2. The second-order valence-corrected chi connectivity index (χ2v) is 7.99. The first-order valence-corrected chi connectivity index (χ1v) is 10.6. The maximum atomic E-state index is 12.9. The molecule has 2 aromatic carbocycles. The summed E-state index contributed by atoms with van der Waals surface area (Å²) in [5.41, 5.74) is 0.193. The number of carboxylic acids is 1. The number of non-ortho nitro benzene ring substituents is 1. The van der Waals surface area contributed by atoms with Crippen LogP contribution in [0.3, 0.4) is 0 Å². The molecule has 1 heterocycles. The highest BCUT2D eigenvalue weighted by molar-refractivity contribution is 6.46. The topological polar surface area (TPSA) is 138 Å². The van der Waals surface area contributed by atoms with Crippen LogP contribution in [-0.4, -0.2) is 44.2 Å². The van der Waals surface area contributed by atoms with Gasteiger partial charge in [-0.2, -0.15) is 0 Å². The predicted octanol–water partition coefficient (Wildman–Crippen LogP) is 4.31. The van der Waals surface area contributed by atoms with Gasteiger partial charge in [-0.1, -0.05) is 30.2 Å². The van der Waals surface area contributed by atoms with Crippen molar-refractivity contribution in [2.45, 2.75) is 31.7 Å². The molecule has 1 saturated heterocycles. The van der Waals surface area contributed by atoms with Gasteiger partial charge in [-0.15, -0.1) is 0 Å². The fraction of sp³-hybridized carbons (Fsp3) is 0.261. The molecule has 1 amide bonds. The lowest BCUT2D eigenvalue weighted by molar-refractivity contribution is -0.384. The minimum atomic E-state index is -1.03. The summed E-state index contributed by atoms with van der Waals surface area (Å²) in [6, 6.07) is 10.6. The zero-order valence-electron chi connectivity index (χ0n) is 17.4. The van der Waals surface area contributed by atoms with Crippen LogP contribution in [0.5, 0.6) is 0 Å². The van der Waals surface area contributed by atoms with Crippen molar-refractivity contribution in [3.05, 3.63) is 80.4 Å². The number of rotatable bonds is 9. The van der Waals surface area contributed by atoms with Crippen molar-refractivity contribution in [1.29, 1.82) is 0 Å². The van der Waals surface area contributed by atoms with Crippen molar-refractivity contribution in [1.82, 2.24) is 4.90 Å². The first kappa shape index (κ1) is 23.9. The van der Waals surface area contributed by atoms with Crippen molar-refractivity contribution in [3.63, 3.8) is 0 Å². The van der Waals surface area contributed by atoms with E-state index in [0.29, 0.717) is 29.8 Å². The van der Waals surface area contributed by atoms with Crippen LogP contribution in [0.2, 0.25) is 5.02 Å². The Labute approximate surface area is 194 Å². The monoisotopic (exact) mass is 472 g/mol. The van der Waals surface area contributed by atoms with Crippen molar-refractivity contribution >= 4 is 40.7 Å². The maximum absolute atomic E-state index is 12.9. The Morgan fingerprint density at radius 1 is 1.06 bits per heavy atom. The number of aliphatic hydroxyl groups excluding tert-OH is 1. The third-order valence-corrected chi connectivity index (χ3v) is 5.60. The molecular formula is C23H21ClN2O7. The number of benzene rings is 2. The first-order chi connectivity index (χ1) is 15.7. The number of nitrogens with zero attached hydrogens (tertiary/aromatic N) is 2. The van der Waals surface area contributed by atoms with Crippen LogP contribution in [-0.2, 0) is 14.4 Å². The van der Waals surface area contributed by atoms with Gasteiger partial charge in [0.2, 0.25) is 0 Å². The van der Waals surface area contributed by atoms with Crippen LogP contribution in [0.25, 0.3) is 5.76 Å². The minimum Gasteiger partial charge on any atom is -0.507 e. The number of hydrogen-bond donors (Lipinski definition) is 2. The zero-order valence-corrected chi connectivity index (χ0v) is 18.2. The number of ketones is 1. The molecule has 1 atom stereocenters. The zero-order chi connectivity index (χ0) is 24.1. The number of Topliss-reactive ketones (excluding diaryl/α,β-unsaturated/α-hetero) is 1. The highest BCUT2D eigenvalue weighted by Crippen LogP contribution is 2.40. The molecule has 1 fully saturated rings. The van der Waals surface area contributed by atoms with Gasteiger partial charge >= 0.3 is 5.97 Å². The molecule has 1 unspecified atom stereocenters. The Hall–Kier alpha value is -3.72. The highest BCUT2D eigenvalue weighted by Gasteiger charge is 2.46. The summed E-state index contributed by atoms with van der Waals surface area (Å²) in [6.07, 6.45) is 1.33. The third kappa shape index (κ3) is 5.38. The third-order valence-electron chi connectivity index (χ3n) is 5.34. The molecule has 10 heteroatoms. The number of amides is 1. The molecule has 0 saturated carbocycles. The molecule has 172 valence electrons. The van der Waals surface area contributed by atoms with Gasteiger partial charge in [-0.25, -0.2) is 0 Å². The van der Waals surface area contributed by atoms with Crippen LogP contribution in [0.15, 0.2) is 54.1 Å². The molecule has 0 radical (unpaired) electrons. The number of hydrogen-bond acceptors (Lipinski definition) is 6. The van der Waals surface area contributed by atoms with Gasteiger partial charge in [0.1, 0.15) is 5.76 Å². The van der Waals surface area contributed by atoms with E-state index in [4.69, 9.17) is 16.7 Å². The number of carbonyl (C=O) groups is 3. The van der Waals surface area contributed by atoms with Gasteiger partial charge < -0.3 is 15.1 Å². The second-order valence-electron chi connectivity index (χ2n) is 7.56. The number of nitro benzene ring substituents is 1. The molecule has 0 aliphatic carbocycles. The Balaban J connectivity index is 2.02. The highest BCUT2D eigenvalue weighted by atomic mass is 35.5. The Bertz CT molecular complexity index is 1130. The van der Waals surface area contributed by atoms with Crippen LogP contribution in [0.1, 0.15) is 42.9 Å². The van der Waals surface area contributed by atoms with E-state index in [1.54, 1.807) is 6.07 Å². The molecule has 0 bridgehead atoms. The van der Waals surface area contributed by atoms with Crippen LogP contribution in [0, 0.1) is 10.1 Å². The number of nitro groups is 1. The Kier molecular flexibility index (Phi) is 7.44. The van der Waals surface area contributed by atoms with E-state index in [0.717, 1.165) is 0 Å². The lowest BCUT2D eigenvalue weighted by Gasteiger charge is -2.25. The van der Waals surface area contributed by atoms with E-state index in [9.17, 15) is 29.6 Å². The maximum Gasteiger partial charge on any atom is 0.303 e. The number of aliphatic carboxylic acids is 1. The molecule has 1 aliphatic rings. The number of aliphatic hydroxyl groups is 1. The van der Waals surface area contributed by atoms with Gasteiger partial charge in [0.15, 0.2) is 0 Å². The van der Waals surface area contributed by atoms with E-state index >= 15 is 0 Å². The van der Waals surface area contributed by atoms with E-state index in [2.05, 4.69) is 0 Å². The average molecular weight is 473 g/mol. The Morgan fingerprint density at radius 2 is 1.76 bits per heavy atom. The largest absolute Gasteiger partial charge is 0.507 e. The molecule has 2 aromatic rings. The van der Waals surface area contributed by atoms with Crippen molar-refractivity contribution in [2.75, 3.05) is 6.54 Å². The number of carboxylic acid groups (broad SMARTS) is 1. The number of likely N-dealkylation sites (tertiary alicyclic amines) is 1. The normalized spacial score (nSPS) is 17.4. The van der Waals surface area contributed by atoms with Gasteiger partial charge in [-0.05, 0) is 42.7 Å². The van der Waals surface area contributed by atoms with Crippen molar-refractivity contribution in [2.24, 2.45) is 0 Å². The minimum absolute atomic E-state index is 0.0102. The lowest BCUT2D eigenvalue weighted by atomic mass is 9.95. The summed E-state index contributed by atoms with van der Waals surface area (Å²) >= 11 is 5.90. The van der Waals surface area contributed by atoms with E-state index in [1.807, 2.05) is 0 Å². The number of halogens is 1. The summed E-state index contributed by atoms with van der Waals surface area (Å²) in [4.78, 5) is 48.5. The van der Waals surface area contributed by atoms with E-state index in [1.165, 1.54) is 47.4 Å². The summed E-state index contributed by atoms with van der Waals surface area (Å²) in [5.74, 6) is -3.06. The molecule has 9 nitrogen and oxygen atoms in total. The predicted molar refractivity (Wildman–Crippen MR) is 120 cm³/mol.